The maximum atomic E-state index is 12.5. The second-order valence-corrected chi connectivity index (χ2v) is 6.48. The van der Waals surface area contributed by atoms with Gasteiger partial charge < -0.3 is 15.0 Å². The predicted octanol–water partition coefficient (Wildman–Crippen LogP) is 2.71. The van der Waals surface area contributed by atoms with Gasteiger partial charge in [-0.15, -0.1) is 22.7 Å². The summed E-state index contributed by atoms with van der Waals surface area (Å²) in [6.45, 7) is 3.61. The number of carbonyl (C=O) groups excluding carboxylic acids is 2. The molecule has 2 amide bonds. The van der Waals surface area contributed by atoms with Gasteiger partial charge in [-0.25, -0.2) is 4.98 Å². The lowest BCUT2D eigenvalue weighted by Gasteiger charge is -2.21. The summed E-state index contributed by atoms with van der Waals surface area (Å²) in [4.78, 5) is 30.8. The second kappa shape index (κ2) is 9.39. The first kappa shape index (κ1) is 17.6. The zero-order chi connectivity index (χ0) is 16.5. The van der Waals surface area contributed by atoms with E-state index in [0.29, 0.717) is 36.2 Å². The van der Waals surface area contributed by atoms with Gasteiger partial charge in [-0.3, -0.25) is 9.59 Å². The van der Waals surface area contributed by atoms with Gasteiger partial charge in [0.1, 0.15) is 6.54 Å². The fourth-order valence-corrected chi connectivity index (χ4v) is 3.16. The van der Waals surface area contributed by atoms with Gasteiger partial charge in [-0.05, 0) is 24.8 Å². The van der Waals surface area contributed by atoms with Crippen LogP contribution in [0.25, 0.3) is 0 Å². The van der Waals surface area contributed by atoms with Crippen molar-refractivity contribution in [3.8, 4) is 0 Å². The molecule has 2 aromatic heterocycles. The Hall–Kier alpha value is -1.77. The Kier molecular flexibility index (Phi) is 7.18. The van der Waals surface area contributed by atoms with Crippen LogP contribution in [-0.4, -0.2) is 48.0 Å². The minimum atomic E-state index is -0.249. The molecule has 0 bridgehead atoms. The van der Waals surface area contributed by atoms with Crippen molar-refractivity contribution in [1.29, 1.82) is 0 Å². The SMILES string of the molecule is CCOCCCN(CC(=O)Nc1nccs1)C(=O)c1cccs1. The fourth-order valence-electron chi connectivity index (χ4n) is 1.93. The number of carbonyl (C=O) groups is 2. The highest BCUT2D eigenvalue weighted by atomic mass is 32.1. The van der Waals surface area contributed by atoms with Crippen molar-refractivity contribution < 1.29 is 14.3 Å². The average molecular weight is 353 g/mol. The lowest BCUT2D eigenvalue weighted by atomic mass is 10.3. The molecule has 1 N–H and O–H groups in total. The Morgan fingerprint density at radius 3 is 2.87 bits per heavy atom. The van der Waals surface area contributed by atoms with E-state index in [-0.39, 0.29) is 18.4 Å². The molecule has 23 heavy (non-hydrogen) atoms. The molecular formula is C15H19N3O3S2. The third-order valence-corrected chi connectivity index (χ3v) is 4.50. The van der Waals surface area contributed by atoms with E-state index in [1.54, 1.807) is 22.5 Å². The van der Waals surface area contributed by atoms with Crippen molar-refractivity contribution in [2.75, 3.05) is 31.6 Å². The molecule has 2 rings (SSSR count). The van der Waals surface area contributed by atoms with Crippen LogP contribution in [0.15, 0.2) is 29.1 Å². The van der Waals surface area contributed by atoms with E-state index in [1.165, 1.54) is 22.7 Å². The van der Waals surface area contributed by atoms with Crippen molar-refractivity contribution in [2.45, 2.75) is 13.3 Å². The molecule has 0 aliphatic rings. The van der Waals surface area contributed by atoms with E-state index in [2.05, 4.69) is 10.3 Å². The van der Waals surface area contributed by atoms with E-state index in [1.807, 2.05) is 18.4 Å². The van der Waals surface area contributed by atoms with Crippen molar-refractivity contribution >= 4 is 39.6 Å². The van der Waals surface area contributed by atoms with Gasteiger partial charge in [0.25, 0.3) is 5.91 Å². The van der Waals surface area contributed by atoms with Gasteiger partial charge in [0.2, 0.25) is 5.91 Å². The Morgan fingerprint density at radius 1 is 1.35 bits per heavy atom. The Labute approximate surface area is 143 Å². The summed E-state index contributed by atoms with van der Waals surface area (Å²) < 4.78 is 5.30. The van der Waals surface area contributed by atoms with Crippen LogP contribution in [0.1, 0.15) is 23.0 Å². The molecule has 2 heterocycles. The van der Waals surface area contributed by atoms with E-state index < -0.39 is 0 Å². The van der Waals surface area contributed by atoms with Crippen LogP contribution in [-0.2, 0) is 9.53 Å². The van der Waals surface area contributed by atoms with E-state index in [4.69, 9.17) is 4.74 Å². The number of aromatic nitrogens is 1. The largest absolute Gasteiger partial charge is 0.382 e. The highest BCUT2D eigenvalue weighted by molar-refractivity contribution is 7.13. The first-order valence-electron chi connectivity index (χ1n) is 7.30. The molecule has 0 radical (unpaired) electrons. The normalized spacial score (nSPS) is 10.5. The Balaban J connectivity index is 1.94. The lowest BCUT2D eigenvalue weighted by molar-refractivity contribution is -0.116. The number of nitrogens with one attached hydrogen (secondary N) is 1. The highest BCUT2D eigenvalue weighted by Crippen LogP contribution is 2.14. The predicted molar refractivity (Wildman–Crippen MR) is 92.1 cm³/mol. The van der Waals surface area contributed by atoms with Gasteiger partial charge >= 0.3 is 0 Å². The number of rotatable bonds is 9. The summed E-state index contributed by atoms with van der Waals surface area (Å²) in [5, 5.41) is 6.87. The molecule has 0 saturated heterocycles. The molecule has 6 nitrogen and oxygen atoms in total. The number of hydrogen-bond donors (Lipinski definition) is 1. The smallest absolute Gasteiger partial charge is 0.264 e. The standard InChI is InChI=1S/C15H19N3O3S2/c1-2-21-8-4-7-18(14(20)12-5-3-9-22-12)11-13(19)17-15-16-6-10-23-15/h3,5-6,9-10H,2,4,7-8,11H2,1H3,(H,16,17,19). The third-order valence-electron chi connectivity index (χ3n) is 2.95. The molecule has 0 spiro atoms. The van der Waals surface area contributed by atoms with E-state index in [0.717, 1.165) is 0 Å². The monoisotopic (exact) mass is 353 g/mol. The van der Waals surface area contributed by atoms with Gasteiger partial charge in [-0.2, -0.15) is 0 Å². The van der Waals surface area contributed by atoms with E-state index >= 15 is 0 Å². The van der Waals surface area contributed by atoms with Crippen LogP contribution in [0.5, 0.6) is 0 Å². The molecule has 0 atom stereocenters. The van der Waals surface area contributed by atoms with Crippen molar-refractivity contribution in [3.05, 3.63) is 34.0 Å². The van der Waals surface area contributed by atoms with Gasteiger partial charge in [0, 0.05) is 31.3 Å². The zero-order valence-electron chi connectivity index (χ0n) is 12.9. The molecule has 8 heteroatoms. The van der Waals surface area contributed by atoms with Crippen LogP contribution in [0.3, 0.4) is 0 Å². The average Bonchev–Trinajstić information content (AvgIpc) is 3.22. The van der Waals surface area contributed by atoms with Gasteiger partial charge in [-0.1, -0.05) is 6.07 Å². The first-order valence-corrected chi connectivity index (χ1v) is 9.06. The molecule has 0 unspecified atom stereocenters. The molecule has 0 aliphatic carbocycles. The maximum Gasteiger partial charge on any atom is 0.264 e. The van der Waals surface area contributed by atoms with Gasteiger partial charge in [0.15, 0.2) is 5.13 Å². The molecular weight excluding hydrogens is 334 g/mol. The summed E-state index contributed by atoms with van der Waals surface area (Å²) in [5.74, 6) is -0.382. The number of anilines is 1. The minimum Gasteiger partial charge on any atom is -0.382 e. The second-order valence-electron chi connectivity index (χ2n) is 4.64. The summed E-state index contributed by atoms with van der Waals surface area (Å²) in [7, 11) is 0. The van der Waals surface area contributed by atoms with E-state index in [9.17, 15) is 9.59 Å². The zero-order valence-corrected chi connectivity index (χ0v) is 14.5. The summed E-state index contributed by atoms with van der Waals surface area (Å²) in [6.07, 6.45) is 2.31. The summed E-state index contributed by atoms with van der Waals surface area (Å²) in [6, 6.07) is 3.59. The van der Waals surface area contributed by atoms with Crippen molar-refractivity contribution in [3.63, 3.8) is 0 Å². The lowest BCUT2D eigenvalue weighted by Crippen LogP contribution is -2.38. The number of thiophene rings is 1. The molecule has 0 fully saturated rings. The third kappa shape index (κ3) is 5.74. The number of thiazole rings is 1. The number of hydrogen-bond acceptors (Lipinski definition) is 6. The molecule has 0 saturated carbocycles. The fraction of sp³-hybridized carbons (Fsp3) is 0.400. The molecule has 124 valence electrons. The number of nitrogens with zero attached hydrogens (tertiary/aromatic N) is 2. The van der Waals surface area contributed by atoms with Crippen LogP contribution in [0.2, 0.25) is 0 Å². The maximum absolute atomic E-state index is 12.5. The van der Waals surface area contributed by atoms with Crippen LogP contribution >= 0.6 is 22.7 Å². The number of ether oxygens (including phenoxy) is 1. The molecule has 0 aromatic carbocycles. The number of amides is 2. The summed E-state index contributed by atoms with van der Waals surface area (Å²) >= 11 is 2.72. The highest BCUT2D eigenvalue weighted by Gasteiger charge is 2.19. The van der Waals surface area contributed by atoms with Crippen LogP contribution < -0.4 is 5.32 Å². The molecule has 0 aliphatic heterocycles. The summed E-state index contributed by atoms with van der Waals surface area (Å²) in [5.41, 5.74) is 0. The first-order chi connectivity index (χ1) is 11.2. The van der Waals surface area contributed by atoms with Crippen LogP contribution in [0, 0.1) is 0 Å². The van der Waals surface area contributed by atoms with Crippen LogP contribution in [0.4, 0.5) is 5.13 Å². The Morgan fingerprint density at radius 2 is 2.22 bits per heavy atom. The minimum absolute atomic E-state index is 0.00242. The quantitative estimate of drug-likeness (QED) is 0.704. The topological polar surface area (TPSA) is 71.5 Å². The molecule has 2 aromatic rings. The van der Waals surface area contributed by atoms with Gasteiger partial charge in [0.05, 0.1) is 4.88 Å². The van der Waals surface area contributed by atoms with Crippen molar-refractivity contribution in [2.24, 2.45) is 0 Å². The Bertz CT molecular complexity index is 600. The van der Waals surface area contributed by atoms with Crippen molar-refractivity contribution in [1.82, 2.24) is 9.88 Å².